The first-order valence-corrected chi connectivity index (χ1v) is 8.29. The molecule has 0 aromatic heterocycles. The van der Waals surface area contributed by atoms with Crippen molar-refractivity contribution in [1.82, 2.24) is 4.90 Å². The van der Waals surface area contributed by atoms with Crippen molar-refractivity contribution in [2.45, 2.75) is 82.2 Å². The van der Waals surface area contributed by atoms with E-state index in [1.54, 1.807) is 5.57 Å². The molecule has 2 aliphatic carbocycles. The van der Waals surface area contributed by atoms with Crippen LogP contribution in [0.3, 0.4) is 0 Å². The third-order valence-electron chi connectivity index (χ3n) is 5.41. The van der Waals surface area contributed by atoms with Crippen LogP contribution in [0.1, 0.15) is 70.6 Å². The van der Waals surface area contributed by atoms with Crippen LogP contribution in [0.5, 0.6) is 0 Å². The van der Waals surface area contributed by atoms with Gasteiger partial charge in [0.05, 0.1) is 0 Å². The minimum Gasteiger partial charge on any atom is -0.323 e. The number of allylic oxidation sites excluding steroid dienone is 1. The Morgan fingerprint density at radius 3 is 2.26 bits per heavy atom. The zero-order valence-corrected chi connectivity index (χ0v) is 13.0. The van der Waals surface area contributed by atoms with Crippen LogP contribution >= 0.6 is 0 Å². The maximum atomic E-state index is 6.79. The molecule has 0 aromatic rings. The molecule has 0 spiro atoms. The molecule has 0 aliphatic heterocycles. The van der Waals surface area contributed by atoms with Crippen LogP contribution < -0.4 is 5.73 Å². The van der Waals surface area contributed by atoms with Gasteiger partial charge in [0.1, 0.15) is 0 Å². The van der Waals surface area contributed by atoms with Crippen molar-refractivity contribution >= 4 is 0 Å². The number of likely N-dealkylation sites (N-methyl/N-ethyl adjacent to an activating group) is 1. The fourth-order valence-corrected chi connectivity index (χ4v) is 4.04. The minimum absolute atomic E-state index is 0.215. The number of rotatable bonds is 3. The second kappa shape index (κ2) is 6.90. The molecular formula is C17H32N2. The van der Waals surface area contributed by atoms with Crippen LogP contribution in [0, 0.1) is 0 Å². The zero-order chi connectivity index (χ0) is 13.7. The molecule has 1 saturated carbocycles. The van der Waals surface area contributed by atoms with Crippen molar-refractivity contribution in [3.05, 3.63) is 11.6 Å². The van der Waals surface area contributed by atoms with E-state index in [0.717, 1.165) is 0 Å². The van der Waals surface area contributed by atoms with Crippen LogP contribution in [0.15, 0.2) is 11.6 Å². The maximum Gasteiger partial charge on any atom is 0.0441 e. The molecule has 1 atom stereocenters. The molecule has 0 radical (unpaired) electrons. The molecule has 2 heteroatoms. The molecule has 0 saturated heterocycles. The van der Waals surface area contributed by atoms with E-state index in [1.807, 2.05) is 0 Å². The van der Waals surface area contributed by atoms with Crippen LogP contribution in [0.4, 0.5) is 0 Å². The SMILES string of the molecule is CN(C)C1(C(N)C2=CCCCCC2)CCCCCC1. The average molecular weight is 264 g/mol. The highest BCUT2D eigenvalue weighted by Crippen LogP contribution is 2.37. The lowest BCUT2D eigenvalue weighted by Gasteiger charge is -2.45. The molecule has 110 valence electrons. The van der Waals surface area contributed by atoms with E-state index in [-0.39, 0.29) is 11.6 Å². The van der Waals surface area contributed by atoms with E-state index < -0.39 is 0 Å². The molecule has 0 bridgehead atoms. The van der Waals surface area contributed by atoms with Gasteiger partial charge in [0.25, 0.3) is 0 Å². The van der Waals surface area contributed by atoms with Crippen molar-refractivity contribution in [2.75, 3.05) is 14.1 Å². The molecule has 0 aromatic carbocycles. The lowest BCUT2D eigenvalue weighted by atomic mass is 9.77. The molecule has 2 N–H and O–H groups in total. The Hall–Kier alpha value is -0.340. The van der Waals surface area contributed by atoms with Gasteiger partial charge in [0.15, 0.2) is 0 Å². The Bertz CT molecular complexity index is 298. The van der Waals surface area contributed by atoms with Crippen molar-refractivity contribution in [3.8, 4) is 0 Å². The monoisotopic (exact) mass is 264 g/mol. The van der Waals surface area contributed by atoms with E-state index in [4.69, 9.17) is 5.73 Å². The summed E-state index contributed by atoms with van der Waals surface area (Å²) in [5.74, 6) is 0. The summed E-state index contributed by atoms with van der Waals surface area (Å²) in [7, 11) is 4.48. The van der Waals surface area contributed by atoms with E-state index in [1.165, 1.54) is 70.6 Å². The van der Waals surface area contributed by atoms with Gasteiger partial charge in [-0.25, -0.2) is 0 Å². The van der Waals surface area contributed by atoms with Crippen molar-refractivity contribution in [2.24, 2.45) is 5.73 Å². The minimum atomic E-state index is 0.215. The normalized spacial score (nSPS) is 26.4. The first-order chi connectivity index (χ1) is 9.17. The second-order valence-electron chi connectivity index (χ2n) is 6.77. The number of nitrogens with zero attached hydrogens (tertiary/aromatic N) is 1. The van der Waals surface area contributed by atoms with Crippen LogP contribution in [-0.2, 0) is 0 Å². The first-order valence-electron chi connectivity index (χ1n) is 8.29. The summed E-state index contributed by atoms with van der Waals surface area (Å²) in [6.07, 6.45) is 17.0. The summed E-state index contributed by atoms with van der Waals surface area (Å²) in [5, 5.41) is 0. The molecule has 1 fully saturated rings. The third kappa shape index (κ3) is 3.41. The predicted octanol–water partition coefficient (Wildman–Crippen LogP) is 3.86. The van der Waals surface area contributed by atoms with E-state index in [9.17, 15) is 0 Å². The fraction of sp³-hybridized carbons (Fsp3) is 0.882. The van der Waals surface area contributed by atoms with Crippen molar-refractivity contribution in [3.63, 3.8) is 0 Å². The molecule has 2 aliphatic rings. The second-order valence-corrected chi connectivity index (χ2v) is 6.77. The molecule has 19 heavy (non-hydrogen) atoms. The molecular weight excluding hydrogens is 232 g/mol. The van der Waals surface area contributed by atoms with Gasteiger partial charge in [0, 0.05) is 11.6 Å². The summed E-state index contributed by atoms with van der Waals surface area (Å²) >= 11 is 0. The highest BCUT2D eigenvalue weighted by Gasteiger charge is 2.40. The lowest BCUT2D eigenvalue weighted by Crippen LogP contribution is -2.58. The quantitative estimate of drug-likeness (QED) is 0.619. The molecule has 1 unspecified atom stereocenters. The number of hydrogen-bond donors (Lipinski definition) is 1. The standard InChI is InChI=1S/C17H32N2/c1-19(2)17(13-9-5-6-10-14-17)16(18)15-11-7-3-4-8-12-15/h11,16H,3-10,12-14,18H2,1-2H3. The van der Waals surface area contributed by atoms with Crippen LogP contribution in [0.25, 0.3) is 0 Å². The summed E-state index contributed by atoms with van der Waals surface area (Å²) in [6.45, 7) is 0. The molecule has 0 heterocycles. The average Bonchev–Trinajstić information content (AvgIpc) is 2.81. The van der Waals surface area contributed by atoms with E-state index >= 15 is 0 Å². The largest absolute Gasteiger partial charge is 0.323 e. The van der Waals surface area contributed by atoms with E-state index in [0.29, 0.717) is 0 Å². The van der Waals surface area contributed by atoms with Crippen molar-refractivity contribution in [1.29, 1.82) is 0 Å². The van der Waals surface area contributed by atoms with Gasteiger partial charge in [-0.05, 0) is 52.6 Å². The van der Waals surface area contributed by atoms with Gasteiger partial charge < -0.3 is 10.6 Å². The topological polar surface area (TPSA) is 29.3 Å². The van der Waals surface area contributed by atoms with Gasteiger partial charge in [-0.15, -0.1) is 0 Å². The van der Waals surface area contributed by atoms with Gasteiger partial charge >= 0.3 is 0 Å². The molecule has 0 amide bonds. The lowest BCUT2D eigenvalue weighted by molar-refractivity contribution is 0.108. The van der Waals surface area contributed by atoms with Crippen molar-refractivity contribution < 1.29 is 0 Å². The summed E-state index contributed by atoms with van der Waals surface area (Å²) in [5.41, 5.74) is 8.55. The Labute approximate surface area is 119 Å². The van der Waals surface area contributed by atoms with E-state index in [2.05, 4.69) is 25.1 Å². The summed E-state index contributed by atoms with van der Waals surface area (Å²) in [6, 6.07) is 0.249. The molecule has 2 nitrogen and oxygen atoms in total. The highest BCUT2D eigenvalue weighted by atomic mass is 15.2. The smallest absolute Gasteiger partial charge is 0.0441 e. The van der Waals surface area contributed by atoms with Gasteiger partial charge in [-0.1, -0.05) is 43.8 Å². The Kier molecular flexibility index (Phi) is 5.47. The summed E-state index contributed by atoms with van der Waals surface area (Å²) in [4.78, 5) is 2.44. The number of hydrogen-bond acceptors (Lipinski definition) is 2. The van der Waals surface area contributed by atoms with Crippen LogP contribution in [0.2, 0.25) is 0 Å². The van der Waals surface area contributed by atoms with Gasteiger partial charge in [-0.3, -0.25) is 0 Å². The van der Waals surface area contributed by atoms with Gasteiger partial charge in [0.2, 0.25) is 0 Å². The number of nitrogens with two attached hydrogens (primary N) is 1. The van der Waals surface area contributed by atoms with Gasteiger partial charge in [-0.2, -0.15) is 0 Å². The first kappa shape index (κ1) is 15.1. The Balaban J connectivity index is 2.19. The maximum absolute atomic E-state index is 6.79. The summed E-state index contributed by atoms with van der Waals surface area (Å²) < 4.78 is 0. The highest BCUT2D eigenvalue weighted by molar-refractivity contribution is 5.20. The Morgan fingerprint density at radius 1 is 1.00 bits per heavy atom. The Morgan fingerprint density at radius 2 is 1.63 bits per heavy atom. The molecule has 2 rings (SSSR count). The third-order valence-corrected chi connectivity index (χ3v) is 5.41. The zero-order valence-electron chi connectivity index (χ0n) is 13.0. The fourth-order valence-electron chi connectivity index (χ4n) is 4.04. The predicted molar refractivity (Wildman–Crippen MR) is 83.3 cm³/mol. The van der Waals surface area contributed by atoms with Crippen LogP contribution in [-0.4, -0.2) is 30.6 Å².